The molecule has 1 atom stereocenters. The molecule has 0 radical (unpaired) electrons. The van der Waals surface area contributed by atoms with Gasteiger partial charge in [-0.05, 0) is 19.0 Å². The summed E-state index contributed by atoms with van der Waals surface area (Å²) in [4.78, 5) is 10.3. The topological polar surface area (TPSA) is 49.3 Å². The highest BCUT2D eigenvalue weighted by molar-refractivity contribution is 5.70. The first-order valence-electron chi connectivity index (χ1n) is 3.15. The number of hydrogen-bond acceptors (Lipinski definition) is 2. The van der Waals surface area contributed by atoms with Gasteiger partial charge in [0.05, 0.1) is 5.92 Å². The summed E-state index contributed by atoms with van der Waals surface area (Å²) in [5.74, 6) is -0.491. The van der Waals surface area contributed by atoms with Crippen molar-refractivity contribution in [3.63, 3.8) is 0 Å². The lowest BCUT2D eigenvalue weighted by atomic mass is 9.89. The van der Waals surface area contributed by atoms with Crippen molar-refractivity contribution in [3.05, 3.63) is 0 Å². The molecule has 1 rings (SSSR count). The molecule has 1 saturated heterocycles. The molecule has 1 fully saturated rings. The van der Waals surface area contributed by atoms with Crippen molar-refractivity contribution in [1.82, 2.24) is 5.32 Å². The van der Waals surface area contributed by atoms with Crippen molar-refractivity contribution in [2.75, 3.05) is 13.1 Å². The van der Waals surface area contributed by atoms with Crippen LogP contribution in [0.25, 0.3) is 0 Å². The van der Waals surface area contributed by atoms with Crippen LogP contribution in [0.3, 0.4) is 0 Å². The Labute approximate surface area is 54.1 Å². The lowest BCUT2D eigenvalue weighted by Gasteiger charge is -2.29. The van der Waals surface area contributed by atoms with Gasteiger partial charge in [-0.25, -0.2) is 0 Å². The Morgan fingerprint density at radius 3 is 2.44 bits per heavy atom. The summed E-state index contributed by atoms with van der Waals surface area (Å²) in [5.41, 5.74) is 0. The number of carboxylic acid groups (broad SMARTS) is 1. The van der Waals surface area contributed by atoms with Gasteiger partial charge >= 0.3 is 5.97 Å². The van der Waals surface area contributed by atoms with Crippen molar-refractivity contribution in [2.24, 2.45) is 11.8 Å². The highest BCUT2D eigenvalue weighted by Crippen LogP contribution is 2.15. The molecule has 0 aromatic heterocycles. The van der Waals surface area contributed by atoms with Gasteiger partial charge in [-0.1, -0.05) is 6.92 Å². The van der Waals surface area contributed by atoms with Gasteiger partial charge in [0.2, 0.25) is 0 Å². The summed E-state index contributed by atoms with van der Waals surface area (Å²) in [6, 6.07) is 0. The second kappa shape index (κ2) is 2.35. The molecule has 0 bridgehead atoms. The Bertz CT molecular complexity index is 120. The molecular formula is C6H11NO2. The average molecular weight is 129 g/mol. The summed E-state index contributed by atoms with van der Waals surface area (Å²) in [7, 11) is 0. The predicted molar refractivity (Wildman–Crippen MR) is 33.2 cm³/mol. The lowest BCUT2D eigenvalue weighted by molar-refractivity contribution is -0.143. The van der Waals surface area contributed by atoms with Crippen molar-refractivity contribution in [1.29, 1.82) is 0 Å². The Morgan fingerprint density at radius 1 is 1.78 bits per heavy atom. The van der Waals surface area contributed by atoms with E-state index in [2.05, 4.69) is 5.32 Å². The van der Waals surface area contributed by atoms with Crippen molar-refractivity contribution in [2.45, 2.75) is 6.92 Å². The standard InChI is InChI=1S/C6H11NO2/c1-4(6(8)9)5-2-7-3-5/h4-5,7H,2-3H2,1H3,(H,8,9)/t4-/m0/s1. The molecule has 1 aliphatic heterocycles. The van der Waals surface area contributed by atoms with E-state index in [0.29, 0.717) is 5.92 Å². The van der Waals surface area contributed by atoms with Crippen LogP contribution in [-0.2, 0) is 4.79 Å². The van der Waals surface area contributed by atoms with Crippen LogP contribution in [0.15, 0.2) is 0 Å². The van der Waals surface area contributed by atoms with Gasteiger partial charge in [0.25, 0.3) is 0 Å². The van der Waals surface area contributed by atoms with Crippen molar-refractivity contribution < 1.29 is 9.90 Å². The average Bonchev–Trinajstić information content (AvgIpc) is 1.60. The largest absolute Gasteiger partial charge is 0.481 e. The fourth-order valence-corrected chi connectivity index (χ4v) is 0.866. The molecule has 52 valence electrons. The summed E-state index contributed by atoms with van der Waals surface area (Å²) in [6.45, 7) is 3.49. The minimum atomic E-state index is -0.679. The number of hydrogen-bond donors (Lipinski definition) is 2. The maximum Gasteiger partial charge on any atom is 0.306 e. The maximum atomic E-state index is 10.3. The van der Waals surface area contributed by atoms with Crippen LogP contribution in [-0.4, -0.2) is 24.2 Å². The summed E-state index contributed by atoms with van der Waals surface area (Å²) in [6.07, 6.45) is 0. The molecule has 2 N–H and O–H groups in total. The fraction of sp³-hybridized carbons (Fsp3) is 0.833. The van der Waals surface area contributed by atoms with E-state index in [1.165, 1.54) is 0 Å². The predicted octanol–water partition coefficient (Wildman–Crippen LogP) is -0.0735. The summed E-state index contributed by atoms with van der Waals surface area (Å²) < 4.78 is 0. The van der Waals surface area contributed by atoms with E-state index in [9.17, 15) is 4.79 Å². The molecule has 0 spiro atoms. The molecule has 3 heteroatoms. The molecule has 3 nitrogen and oxygen atoms in total. The van der Waals surface area contributed by atoms with E-state index in [4.69, 9.17) is 5.11 Å². The van der Waals surface area contributed by atoms with Gasteiger partial charge in [-0.2, -0.15) is 0 Å². The normalized spacial score (nSPS) is 22.8. The zero-order valence-corrected chi connectivity index (χ0v) is 5.42. The summed E-state index contributed by atoms with van der Waals surface area (Å²) in [5, 5.41) is 11.5. The van der Waals surface area contributed by atoms with Crippen LogP contribution in [0, 0.1) is 11.8 Å². The number of carbonyl (C=O) groups is 1. The minimum absolute atomic E-state index is 0.175. The van der Waals surface area contributed by atoms with E-state index in [1.54, 1.807) is 6.92 Å². The SMILES string of the molecule is C[C@H](C(=O)O)C1CNC1. The molecular weight excluding hydrogens is 118 g/mol. The Balaban J connectivity index is 2.32. The van der Waals surface area contributed by atoms with Crippen LogP contribution in [0.1, 0.15) is 6.92 Å². The van der Waals surface area contributed by atoms with Crippen molar-refractivity contribution in [3.8, 4) is 0 Å². The second-order valence-corrected chi connectivity index (χ2v) is 2.55. The number of rotatable bonds is 2. The molecule has 9 heavy (non-hydrogen) atoms. The van der Waals surface area contributed by atoms with E-state index in [1.807, 2.05) is 0 Å². The van der Waals surface area contributed by atoms with Gasteiger partial charge in [0, 0.05) is 0 Å². The molecule has 0 aromatic rings. The third-order valence-corrected chi connectivity index (χ3v) is 1.91. The van der Waals surface area contributed by atoms with Crippen molar-refractivity contribution >= 4 is 5.97 Å². The number of aliphatic carboxylic acids is 1. The molecule has 1 aliphatic rings. The van der Waals surface area contributed by atoms with Gasteiger partial charge in [0.15, 0.2) is 0 Å². The first-order valence-corrected chi connectivity index (χ1v) is 3.15. The molecule has 0 aliphatic carbocycles. The fourth-order valence-electron chi connectivity index (χ4n) is 0.866. The molecule has 0 aromatic carbocycles. The second-order valence-electron chi connectivity index (χ2n) is 2.55. The quantitative estimate of drug-likeness (QED) is 0.548. The smallest absolute Gasteiger partial charge is 0.306 e. The van der Waals surface area contributed by atoms with Crippen LogP contribution in [0.4, 0.5) is 0 Å². The highest BCUT2D eigenvalue weighted by Gasteiger charge is 2.27. The van der Waals surface area contributed by atoms with E-state index < -0.39 is 5.97 Å². The zero-order chi connectivity index (χ0) is 6.85. The molecule has 0 unspecified atom stereocenters. The number of carboxylic acids is 1. The minimum Gasteiger partial charge on any atom is -0.481 e. The van der Waals surface area contributed by atoms with Crippen LogP contribution in [0.5, 0.6) is 0 Å². The Kier molecular flexibility index (Phi) is 1.71. The Hall–Kier alpha value is -0.570. The lowest BCUT2D eigenvalue weighted by Crippen LogP contribution is -2.47. The highest BCUT2D eigenvalue weighted by atomic mass is 16.4. The van der Waals surface area contributed by atoms with Gasteiger partial charge < -0.3 is 10.4 Å². The van der Waals surface area contributed by atoms with Crippen LogP contribution in [0.2, 0.25) is 0 Å². The van der Waals surface area contributed by atoms with Crippen LogP contribution < -0.4 is 5.32 Å². The maximum absolute atomic E-state index is 10.3. The number of nitrogens with one attached hydrogen (secondary N) is 1. The Morgan fingerprint density at radius 2 is 2.33 bits per heavy atom. The third-order valence-electron chi connectivity index (χ3n) is 1.91. The monoisotopic (exact) mass is 129 g/mol. The molecule has 0 saturated carbocycles. The molecule has 0 amide bonds. The van der Waals surface area contributed by atoms with E-state index in [0.717, 1.165) is 13.1 Å². The first kappa shape index (κ1) is 6.55. The zero-order valence-electron chi connectivity index (χ0n) is 5.42. The van der Waals surface area contributed by atoms with Gasteiger partial charge in [0.1, 0.15) is 0 Å². The van der Waals surface area contributed by atoms with E-state index >= 15 is 0 Å². The van der Waals surface area contributed by atoms with E-state index in [-0.39, 0.29) is 5.92 Å². The third kappa shape index (κ3) is 1.21. The first-order chi connectivity index (χ1) is 4.22. The molecule has 1 heterocycles. The summed E-state index contributed by atoms with van der Waals surface area (Å²) >= 11 is 0. The van der Waals surface area contributed by atoms with Gasteiger partial charge in [-0.15, -0.1) is 0 Å². The van der Waals surface area contributed by atoms with Gasteiger partial charge in [-0.3, -0.25) is 4.79 Å². The van der Waals surface area contributed by atoms with Crippen LogP contribution >= 0.6 is 0 Å².